The van der Waals surface area contributed by atoms with Gasteiger partial charge in [0, 0.05) is 26.3 Å². The summed E-state index contributed by atoms with van der Waals surface area (Å²) in [5, 5.41) is 17.4. The van der Waals surface area contributed by atoms with Gasteiger partial charge in [0.2, 0.25) is 5.91 Å². The molecule has 1 amide bonds. The van der Waals surface area contributed by atoms with Crippen molar-refractivity contribution >= 4 is 23.5 Å². The highest BCUT2D eigenvalue weighted by atomic mass is 16.5. The number of anilines is 1. The van der Waals surface area contributed by atoms with Crippen molar-refractivity contribution in [3.63, 3.8) is 0 Å². The van der Waals surface area contributed by atoms with Crippen molar-refractivity contribution in [3.8, 4) is 5.75 Å². The first-order chi connectivity index (χ1) is 16.9. The second-order valence-electron chi connectivity index (χ2n) is 9.26. The third-order valence-corrected chi connectivity index (χ3v) is 6.17. The Balaban J connectivity index is 2.07. The summed E-state index contributed by atoms with van der Waals surface area (Å²) >= 11 is 0. The number of para-hydroxylation sites is 2. The Morgan fingerprint density at radius 3 is 1.60 bits per heavy atom. The number of hydrogen-bond acceptors (Lipinski definition) is 4. The number of carbonyl (C=O) groups excluding carboxylic acids is 1. The summed E-state index contributed by atoms with van der Waals surface area (Å²) in [6, 6.07) is 7.37. The van der Waals surface area contributed by atoms with E-state index in [1.165, 1.54) is 44.9 Å². The highest BCUT2D eigenvalue weighted by molar-refractivity contribution is 5.94. The van der Waals surface area contributed by atoms with Gasteiger partial charge in [-0.2, -0.15) is 0 Å². The number of ether oxygens (including phenoxy) is 1. The van der Waals surface area contributed by atoms with Crippen molar-refractivity contribution in [2.45, 2.75) is 109 Å². The van der Waals surface area contributed by atoms with Crippen molar-refractivity contribution in [3.05, 3.63) is 24.3 Å². The number of benzene rings is 1. The van der Waals surface area contributed by atoms with Gasteiger partial charge in [-0.1, -0.05) is 82.8 Å². The highest BCUT2D eigenvalue weighted by Gasteiger charge is 2.15. The van der Waals surface area contributed by atoms with E-state index < -0.39 is 11.9 Å². The van der Waals surface area contributed by atoms with Gasteiger partial charge in [-0.3, -0.25) is 14.4 Å². The summed E-state index contributed by atoms with van der Waals surface area (Å²) in [5.74, 6) is -0.864. The number of hydrogen-bond donors (Lipinski definition) is 2. The first-order valence-corrected chi connectivity index (χ1v) is 13.3. The van der Waals surface area contributed by atoms with Gasteiger partial charge in [0.1, 0.15) is 5.75 Å². The normalized spacial score (nSPS) is 10.8. The van der Waals surface area contributed by atoms with E-state index in [1.807, 2.05) is 24.3 Å². The Labute approximate surface area is 210 Å². The van der Waals surface area contributed by atoms with Crippen LogP contribution in [-0.4, -0.2) is 41.7 Å². The molecule has 2 N–H and O–H groups in total. The molecule has 1 aromatic carbocycles. The molecule has 0 aromatic heterocycles. The summed E-state index contributed by atoms with van der Waals surface area (Å²) in [5.41, 5.74) is 0.716. The molecule has 1 aromatic rings. The monoisotopic (exact) mass is 491 g/mol. The lowest BCUT2D eigenvalue weighted by molar-refractivity contribution is -0.138. The number of carbonyl (C=O) groups is 3. The average molecular weight is 492 g/mol. The SMILES string of the molecule is CN(C(=O)CCCCCCCCCCCCCCCC(=O)O)c1ccccc1OCCCC(=O)O. The second-order valence-corrected chi connectivity index (χ2v) is 9.26. The van der Waals surface area contributed by atoms with Crippen molar-refractivity contribution in [2.75, 3.05) is 18.6 Å². The van der Waals surface area contributed by atoms with Gasteiger partial charge in [-0.05, 0) is 31.4 Å². The number of aliphatic carboxylic acids is 2. The smallest absolute Gasteiger partial charge is 0.303 e. The molecule has 0 aliphatic heterocycles. The molecule has 0 fully saturated rings. The van der Waals surface area contributed by atoms with Crippen molar-refractivity contribution in [1.82, 2.24) is 0 Å². The molecule has 0 saturated carbocycles. The summed E-state index contributed by atoms with van der Waals surface area (Å²) in [7, 11) is 1.76. The zero-order chi connectivity index (χ0) is 25.7. The zero-order valence-corrected chi connectivity index (χ0v) is 21.5. The van der Waals surface area contributed by atoms with Crippen LogP contribution in [0.3, 0.4) is 0 Å². The number of carboxylic acids is 2. The van der Waals surface area contributed by atoms with Crippen LogP contribution in [0.15, 0.2) is 24.3 Å². The van der Waals surface area contributed by atoms with Crippen LogP contribution in [0.4, 0.5) is 5.69 Å². The minimum absolute atomic E-state index is 0.0640. The van der Waals surface area contributed by atoms with Crippen LogP contribution in [0.2, 0.25) is 0 Å². The molecule has 7 heteroatoms. The predicted molar refractivity (Wildman–Crippen MR) is 139 cm³/mol. The first kappa shape index (κ1) is 30.5. The van der Waals surface area contributed by atoms with Crippen LogP contribution in [0, 0.1) is 0 Å². The van der Waals surface area contributed by atoms with Crippen LogP contribution in [0.25, 0.3) is 0 Å². The van der Waals surface area contributed by atoms with Crippen LogP contribution in [0.5, 0.6) is 5.75 Å². The Bertz CT molecular complexity index is 736. The summed E-state index contributed by atoms with van der Waals surface area (Å²) in [6.07, 6.45) is 16.1. The minimum Gasteiger partial charge on any atom is -0.491 e. The van der Waals surface area contributed by atoms with E-state index >= 15 is 0 Å². The van der Waals surface area contributed by atoms with Crippen LogP contribution in [0.1, 0.15) is 109 Å². The van der Waals surface area contributed by atoms with Crippen LogP contribution < -0.4 is 9.64 Å². The fourth-order valence-electron chi connectivity index (χ4n) is 4.06. The molecular weight excluding hydrogens is 446 g/mol. The Kier molecular flexibility index (Phi) is 17.2. The average Bonchev–Trinajstić information content (AvgIpc) is 2.83. The standard InChI is InChI=1S/C28H45NO6/c1-29(24-18-15-16-19-25(24)35-23-17-22-28(33)34)26(30)20-13-11-9-7-5-3-2-4-6-8-10-12-14-21-27(31)32/h15-16,18-19H,2-14,17,20-23H2,1H3,(H,31,32)(H,33,34). The third-order valence-electron chi connectivity index (χ3n) is 6.17. The summed E-state index contributed by atoms with van der Waals surface area (Å²) < 4.78 is 5.72. The number of unbranched alkanes of at least 4 members (excludes halogenated alkanes) is 12. The minimum atomic E-state index is -0.840. The molecule has 0 bridgehead atoms. The molecule has 35 heavy (non-hydrogen) atoms. The largest absolute Gasteiger partial charge is 0.491 e. The van der Waals surface area contributed by atoms with Gasteiger partial charge in [-0.25, -0.2) is 0 Å². The highest BCUT2D eigenvalue weighted by Crippen LogP contribution is 2.28. The topological polar surface area (TPSA) is 104 Å². The third kappa shape index (κ3) is 15.9. The van der Waals surface area contributed by atoms with Crippen LogP contribution in [-0.2, 0) is 14.4 Å². The lowest BCUT2D eigenvalue weighted by Crippen LogP contribution is -2.26. The number of carboxylic acid groups (broad SMARTS) is 2. The fraction of sp³-hybridized carbons (Fsp3) is 0.679. The Hall–Kier alpha value is -2.57. The van der Waals surface area contributed by atoms with Gasteiger partial charge in [-0.15, -0.1) is 0 Å². The van der Waals surface area contributed by atoms with Gasteiger partial charge in [0.15, 0.2) is 0 Å². The molecule has 0 aliphatic carbocycles. The van der Waals surface area contributed by atoms with Gasteiger partial charge in [0.05, 0.1) is 12.3 Å². The van der Waals surface area contributed by atoms with Gasteiger partial charge < -0.3 is 19.8 Å². The maximum atomic E-state index is 12.6. The summed E-state index contributed by atoms with van der Waals surface area (Å²) in [4.78, 5) is 35.4. The lowest BCUT2D eigenvalue weighted by atomic mass is 10.0. The predicted octanol–water partition coefficient (Wildman–Crippen LogP) is 6.83. The van der Waals surface area contributed by atoms with E-state index in [1.54, 1.807) is 11.9 Å². The quantitative estimate of drug-likeness (QED) is 0.172. The van der Waals surface area contributed by atoms with Crippen LogP contribution >= 0.6 is 0 Å². The molecule has 0 heterocycles. The van der Waals surface area contributed by atoms with E-state index in [4.69, 9.17) is 14.9 Å². The molecule has 0 spiro atoms. The molecule has 0 unspecified atom stereocenters. The van der Waals surface area contributed by atoms with E-state index in [-0.39, 0.29) is 12.3 Å². The van der Waals surface area contributed by atoms with E-state index in [2.05, 4.69) is 0 Å². The maximum absolute atomic E-state index is 12.6. The molecule has 0 atom stereocenters. The molecule has 0 radical (unpaired) electrons. The van der Waals surface area contributed by atoms with Gasteiger partial charge >= 0.3 is 11.9 Å². The second kappa shape index (κ2) is 19.7. The van der Waals surface area contributed by atoms with E-state index in [0.29, 0.717) is 37.3 Å². The van der Waals surface area contributed by atoms with E-state index in [9.17, 15) is 14.4 Å². The van der Waals surface area contributed by atoms with Gasteiger partial charge in [0.25, 0.3) is 0 Å². The molecule has 0 saturated heterocycles. The maximum Gasteiger partial charge on any atom is 0.303 e. The number of amides is 1. The Morgan fingerprint density at radius 1 is 0.657 bits per heavy atom. The molecule has 0 aliphatic rings. The van der Waals surface area contributed by atoms with Crippen molar-refractivity contribution in [2.24, 2.45) is 0 Å². The number of rotatable bonds is 22. The Morgan fingerprint density at radius 2 is 1.09 bits per heavy atom. The molecule has 7 nitrogen and oxygen atoms in total. The van der Waals surface area contributed by atoms with E-state index in [0.717, 1.165) is 38.5 Å². The van der Waals surface area contributed by atoms with Crippen molar-refractivity contribution in [1.29, 1.82) is 0 Å². The molecular formula is C28H45NO6. The molecule has 1 rings (SSSR count). The lowest BCUT2D eigenvalue weighted by Gasteiger charge is -2.20. The number of nitrogens with zero attached hydrogens (tertiary/aromatic N) is 1. The first-order valence-electron chi connectivity index (χ1n) is 13.3. The zero-order valence-electron chi connectivity index (χ0n) is 21.5. The fourth-order valence-corrected chi connectivity index (χ4v) is 4.06. The summed E-state index contributed by atoms with van der Waals surface area (Å²) in [6.45, 7) is 0.305. The van der Waals surface area contributed by atoms with Crippen molar-refractivity contribution < 1.29 is 29.3 Å². The molecule has 198 valence electrons.